The number of benzene rings is 1. The number of nitrogens with zero attached hydrogens (tertiary/aromatic N) is 1. The zero-order chi connectivity index (χ0) is 11.9. The fourth-order valence-corrected chi connectivity index (χ4v) is 1.89. The Bertz CT molecular complexity index is 485. The highest BCUT2D eigenvalue weighted by atomic mass is 35.5. The number of carbonyl (C=O) groups excluding carboxylic acids is 2. The molecule has 1 heterocycles. The van der Waals surface area contributed by atoms with Crippen LogP contribution >= 0.6 is 11.6 Å². The van der Waals surface area contributed by atoms with E-state index in [0.29, 0.717) is 16.4 Å². The third kappa shape index (κ3) is 1.76. The first-order chi connectivity index (χ1) is 7.49. The van der Waals surface area contributed by atoms with E-state index >= 15 is 0 Å². The Morgan fingerprint density at radius 1 is 1.38 bits per heavy atom. The summed E-state index contributed by atoms with van der Waals surface area (Å²) in [4.78, 5) is 24.1. The lowest BCUT2D eigenvalue weighted by molar-refractivity contribution is -0.121. The number of hydrogen-bond donors (Lipinski definition) is 1. The number of hydrogen-bond acceptors (Lipinski definition) is 3. The van der Waals surface area contributed by atoms with Crippen molar-refractivity contribution in [3.63, 3.8) is 0 Å². The number of nitrogen functional groups attached to an aromatic ring is 1. The van der Waals surface area contributed by atoms with Gasteiger partial charge in [-0.2, -0.15) is 0 Å². The van der Waals surface area contributed by atoms with Gasteiger partial charge in [-0.05, 0) is 24.6 Å². The van der Waals surface area contributed by atoms with Crippen molar-refractivity contribution in [1.29, 1.82) is 0 Å². The summed E-state index contributed by atoms with van der Waals surface area (Å²) in [5, 5.41) is 0.538. The van der Waals surface area contributed by atoms with E-state index in [1.54, 1.807) is 12.1 Å². The zero-order valence-corrected chi connectivity index (χ0v) is 9.54. The van der Waals surface area contributed by atoms with Crippen molar-refractivity contribution >= 4 is 34.7 Å². The number of anilines is 2. The normalized spacial score (nSPS) is 16.0. The molecule has 0 aromatic heterocycles. The maximum Gasteiger partial charge on any atom is 0.234 e. The van der Waals surface area contributed by atoms with E-state index in [0.717, 1.165) is 5.56 Å². The van der Waals surface area contributed by atoms with Crippen LogP contribution < -0.4 is 10.6 Å². The average molecular weight is 239 g/mol. The van der Waals surface area contributed by atoms with Crippen LogP contribution in [0.3, 0.4) is 0 Å². The Morgan fingerprint density at radius 3 is 2.62 bits per heavy atom. The number of carbonyl (C=O) groups is 2. The minimum absolute atomic E-state index is 0.0507. The van der Waals surface area contributed by atoms with Crippen LogP contribution in [0.4, 0.5) is 11.4 Å². The van der Waals surface area contributed by atoms with Crippen molar-refractivity contribution in [2.75, 3.05) is 17.2 Å². The molecule has 4 nitrogen and oxygen atoms in total. The lowest BCUT2D eigenvalue weighted by Crippen LogP contribution is -2.25. The molecule has 1 aliphatic rings. The predicted octanol–water partition coefficient (Wildman–Crippen LogP) is 1.54. The highest BCUT2D eigenvalue weighted by Gasteiger charge is 2.29. The Morgan fingerprint density at radius 2 is 2.06 bits per heavy atom. The number of aryl methyl sites for hydroxylation is 1. The van der Waals surface area contributed by atoms with E-state index in [1.165, 1.54) is 4.90 Å². The van der Waals surface area contributed by atoms with Gasteiger partial charge in [-0.3, -0.25) is 9.59 Å². The number of rotatable bonds is 1. The van der Waals surface area contributed by atoms with Crippen LogP contribution in [0, 0.1) is 6.92 Å². The molecule has 2 N–H and O–H groups in total. The number of amides is 1. The third-order valence-electron chi connectivity index (χ3n) is 2.58. The molecule has 1 aliphatic heterocycles. The quantitative estimate of drug-likeness (QED) is 0.596. The number of halogens is 1. The van der Waals surface area contributed by atoms with E-state index in [4.69, 9.17) is 17.3 Å². The maximum atomic E-state index is 11.5. The molecule has 1 saturated heterocycles. The van der Waals surface area contributed by atoms with E-state index in [9.17, 15) is 9.59 Å². The highest BCUT2D eigenvalue weighted by Crippen LogP contribution is 2.31. The van der Waals surface area contributed by atoms with Gasteiger partial charge in [-0.25, -0.2) is 0 Å². The summed E-state index contributed by atoms with van der Waals surface area (Å²) in [6.07, 6.45) is -0.0507. The second-order valence-electron chi connectivity index (χ2n) is 3.86. The first-order valence-electron chi connectivity index (χ1n) is 4.86. The average Bonchev–Trinajstić information content (AvgIpc) is 2.51. The summed E-state index contributed by atoms with van der Waals surface area (Å²) in [5.41, 5.74) is 7.64. The van der Waals surface area contributed by atoms with Crippen molar-refractivity contribution in [2.45, 2.75) is 13.3 Å². The fourth-order valence-electron chi connectivity index (χ4n) is 1.73. The standard InChI is InChI=1S/C11H11ClN2O2/c1-6-2-9(13)10(4-8(6)12)14-5-7(15)3-11(14)16/h2,4H,3,5,13H2,1H3. The van der Waals surface area contributed by atoms with Crippen LogP contribution in [0.1, 0.15) is 12.0 Å². The molecular weight excluding hydrogens is 228 g/mol. The fraction of sp³-hybridized carbons (Fsp3) is 0.273. The molecule has 5 heteroatoms. The summed E-state index contributed by atoms with van der Waals surface area (Å²) in [5.74, 6) is -0.322. The Kier molecular flexibility index (Phi) is 2.59. The van der Waals surface area contributed by atoms with E-state index in [2.05, 4.69) is 0 Å². The molecule has 0 bridgehead atoms. The first-order valence-corrected chi connectivity index (χ1v) is 5.24. The molecule has 0 unspecified atom stereocenters. The smallest absolute Gasteiger partial charge is 0.234 e. The third-order valence-corrected chi connectivity index (χ3v) is 2.99. The predicted molar refractivity (Wildman–Crippen MR) is 62.6 cm³/mol. The lowest BCUT2D eigenvalue weighted by atomic mass is 10.2. The molecule has 0 aliphatic carbocycles. The minimum atomic E-state index is -0.225. The van der Waals surface area contributed by atoms with Gasteiger partial charge in [0.25, 0.3) is 0 Å². The van der Waals surface area contributed by atoms with Gasteiger partial charge in [0, 0.05) is 5.02 Å². The molecule has 84 valence electrons. The summed E-state index contributed by atoms with van der Waals surface area (Å²) < 4.78 is 0. The molecule has 2 rings (SSSR count). The molecule has 0 saturated carbocycles. The molecule has 0 atom stereocenters. The summed E-state index contributed by atoms with van der Waals surface area (Å²) in [6.45, 7) is 1.92. The Labute approximate surface area is 98.0 Å². The lowest BCUT2D eigenvalue weighted by Gasteiger charge is -2.18. The van der Waals surface area contributed by atoms with Crippen LogP contribution in [-0.2, 0) is 9.59 Å². The molecule has 16 heavy (non-hydrogen) atoms. The minimum Gasteiger partial charge on any atom is -0.397 e. The first kappa shape index (κ1) is 11.0. The van der Waals surface area contributed by atoms with Crippen molar-refractivity contribution in [3.8, 4) is 0 Å². The number of Topliss-reactive ketones (excluding diaryl/α,β-unsaturated/α-hetero) is 1. The van der Waals surface area contributed by atoms with Crippen molar-refractivity contribution < 1.29 is 9.59 Å². The molecular formula is C11H11ClN2O2. The van der Waals surface area contributed by atoms with E-state index < -0.39 is 0 Å². The van der Waals surface area contributed by atoms with Crippen LogP contribution in [0.25, 0.3) is 0 Å². The molecule has 1 aromatic rings. The monoisotopic (exact) mass is 238 g/mol. The Balaban J connectivity index is 2.45. The molecule has 0 spiro atoms. The number of nitrogens with two attached hydrogens (primary N) is 1. The van der Waals surface area contributed by atoms with Gasteiger partial charge in [0.05, 0.1) is 24.3 Å². The van der Waals surface area contributed by atoms with Gasteiger partial charge < -0.3 is 10.6 Å². The van der Waals surface area contributed by atoms with Crippen LogP contribution in [0.15, 0.2) is 12.1 Å². The van der Waals surface area contributed by atoms with Crippen molar-refractivity contribution in [2.24, 2.45) is 0 Å². The van der Waals surface area contributed by atoms with Crippen molar-refractivity contribution in [3.05, 3.63) is 22.7 Å². The van der Waals surface area contributed by atoms with Gasteiger partial charge in [-0.15, -0.1) is 0 Å². The molecule has 1 aromatic carbocycles. The van der Waals surface area contributed by atoms with Crippen LogP contribution in [0.5, 0.6) is 0 Å². The second kappa shape index (κ2) is 3.79. The van der Waals surface area contributed by atoms with Crippen molar-refractivity contribution in [1.82, 2.24) is 0 Å². The van der Waals surface area contributed by atoms with Gasteiger partial charge in [-0.1, -0.05) is 11.6 Å². The maximum absolute atomic E-state index is 11.5. The topological polar surface area (TPSA) is 63.4 Å². The summed E-state index contributed by atoms with van der Waals surface area (Å²) in [7, 11) is 0. The van der Waals surface area contributed by atoms with Gasteiger partial charge in [0.15, 0.2) is 5.78 Å². The highest BCUT2D eigenvalue weighted by molar-refractivity contribution is 6.32. The van der Waals surface area contributed by atoms with Gasteiger partial charge in [0.1, 0.15) is 0 Å². The molecule has 0 radical (unpaired) electrons. The zero-order valence-electron chi connectivity index (χ0n) is 8.79. The SMILES string of the molecule is Cc1cc(N)c(N2CC(=O)CC2=O)cc1Cl. The largest absolute Gasteiger partial charge is 0.397 e. The number of ketones is 1. The summed E-state index contributed by atoms with van der Waals surface area (Å²) in [6, 6.07) is 3.33. The molecule has 1 amide bonds. The van der Waals surface area contributed by atoms with Gasteiger partial charge >= 0.3 is 0 Å². The van der Waals surface area contributed by atoms with E-state index in [1.807, 2.05) is 6.92 Å². The van der Waals surface area contributed by atoms with Gasteiger partial charge in [0.2, 0.25) is 5.91 Å². The molecule has 1 fully saturated rings. The van der Waals surface area contributed by atoms with Crippen LogP contribution in [0.2, 0.25) is 5.02 Å². The second-order valence-corrected chi connectivity index (χ2v) is 4.26. The summed E-state index contributed by atoms with van der Waals surface area (Å²) >= 11 is 5.97. The van der Waals surface area contributed by atoms with E-state index in [-0.39, 0.29) is 24.7 Å². The van der Waals surface area contributed by atoms with Crippen LogP contribution in [-0.4, -0.2) is 18.2 Å². The Hall–Kier alpha value is -1.55.